The molecule has 0 aliphatic rings. The second-order valence-electron chi connectivity index (χ2n) is 3.91. The lowest BCUT2D eigenvalue weighted by molar-refractivity contribution is 0.630. The third kappa shape index (κ3) is 2.83. The molecule has 4 heteroatoms. The number of aromatic nitrogens is 1. The van der Waals surface area contributed by atoms with Gasteiger partial charge in [-0.05, 0) is 29.8 Å². The zero-order valence-corrected chi connectivity index (χ0v) is 11.5. The van der Waals surface area contributed by atoms with Gasteiger partial charge in [0.1, 0.15) is 0 Å². The van der Waals surface area contributed by atoms with E-state index in [1.165, 1.54) is 0 Å². The molecule has 2 rings (SSSR count). The molecule has 1 atom stereocenters. The Balaban J connectivity index is 2.47. The first-order valence-electron chi connectivity index (χ1n) is 5.81. The Bertz CT molecular complexity index is 483. The average molecular weight is 281 g/mol. The second kappa shape index (κ2) is 6.19. The first-order chi connectivity index (χ1) is 8.74. The number of pyridine rings is 1. The Hall–Kier alpha value is -1.09. The van der Waals surface area contributed by atoms with Crippen molar-refractivity contribution < 1.29 is 0 Å². The van der Waals surface area contributed by atoms with Gasteiger partial charge in [0, 0.05) is 17.4 Å². The van der Waals surface area contributed by atoms with Crippen LogP contribution in [0.4, 0.5) is 0 Å². The van der Waals surface area contributed by atoms with Crippen molar-refractivity contribution >= 4 is 23.2 Å². The van der Waals surface area contributed by atoms with Crippen molar-refractivity contribution in [2.24, 2.45) is 0 Å². The maximum Gasteiger partial charge on any atom is 0.0640 e. The predicted molar refractivity (Wildman–Crippen MR) is 76.2 cm³/mol. The van der Waals surface area contributed by atoms with Crippen molar-refractivity contribution in [1.82, 2.24) is 10.3 Å². The largest absolute Gasteiger partial charge is 0.306 e. The molecule has 0 radical (unpaired) electrons. The van der Waals surface area contributed by atoms with E-state index in [0.717, 1.165) is 22.7 Å². The maximum atomic E-state index is 6.26. The van der Waals surface area contributed by atoms with E-state index in [4.69, 9.17) is 23.2 Å². The van der Waals surface area contributed by atoms with E-state index in [9.17, 15) is 0 Å². The number of halogens is 2. The summed E-state index contributed by atoms with van der Waals surface area (Å²) in [6.07, 6.45) is 3.39. The molecular weight excluding hydrogens is 267 g/mol. The second-order valence-corrected chi connectivity index (χ2v) is 4.72. The molecule has 0 aliphatic carbocycles. The van der Waals surface area contributed by atoms with Crippen LogP contribution in [0.2, 0.25) is 10.0 Å². The number of hydrogen-bond donors (Lipinski definition) is 1. The SMILES string of the molecule is CCNC(c1ccccc1Cl)c1ccncc1Cl. The lowest BCUT2D eigenvalue weighted by atomic mass is 9.99. The van der Waals surface area contributed by atoms with Crippen molar-refractivity contribution in [3.63, 3.8) is 0 Å². The Morgan fingerprint density at radius 1 is 1.11 bits per heavy atom. The van der Waals surface area contributed by atoms with Gasteiger partial charge >= 0.3 is 0 Å². The highest BCUT2D eigenvalue weighted by Crippen LogP contribution is 2.31. The van der Waals surface area contributed by atoms with Crippen molar-refractivity contribution in [3.8, 4) is 0 Å². The molecule has 0 saturated carbocycles. The summed E-state index contributed by atoms with van der Waals surface area (Å²) >= 11 is 12.5. The molecule has 18 heavy (non-hydrogen) atoms. The van der Waals surface area contributed by atoms with Crippen LogP contribution in [-0.4, -0.2) is 11.5 Å². The zero-order chi connectivity index (χ0) is 13.0. The van der Waals surface area contributed by atoms with Gasteiger partial charge in [-0.15, -0.1) is 0 Å². The lowest BCUT2D eigenvalue weighted by Crippen LogP contribution is -2.22. The number of nitrogens with one attached hydrogen (secondary N) is 1. The summed E-state index contributed by atoms with van der Waals surface area (Å²) in [5, 5.41) is 4.77. The van der Waals surface area contributed by atoms with Crippen molar-refractivity contribution in [2.45, 2.75) is 13.0 Å². The van der Waals surface area contributed by atoms with E-state index in [1.807, 2.05) is 30.3 Å². The fraction of sp³-hybridized carbons (Fsp3) is 0.214. The minimum Gasteiger partial charge on any atom is -0.306 e. The van der Waals surface area contributed by atoms with Crippen LogP contribution < -0.4 is 5.32 Å². The smallest absolute Gasteiger partial charge is 0.0640 e. The number of rotatable bonds is 4. The van der Waals surface area contributed by atoms with Crippen LogP contribution in [0, 0.1) is 0 Å². The molecular formula is C14H14Cl2N2. The monoisotopic (exact) mass is 280 g/mol. The minimum absolute atomic E-state index is 0.0146. The Kier molecular flexibility index (Phi) is 4.59. The topological polar surface area (TPSA) is 24.9 Å². The lowest BCUT2D eigenvalue weighted by Gasteiger charge is -2.20. The normalized spacial score (nSPS) is 12.4. The summed E-state index contributed by atoms with van der Waals surface area (Å²) in [5.41, 5.74) is 2.01. The number of benzene rings is 1. The highest BCUT2D eigenvalue weighted by molar-refractivity contribution is 6.32. The van der Waals surface area contributed by atoms with Crippen LogP contribution in [0.25, 0.3) is 0 Å². The molecule has 0 aliphatic heterocycles. The standard InChI is InChI=1S/C14H14Cl2N2/c1-2-18-14(10-5-3-4-6-12(10)15)11-7-8-17-9-13(11)16/h3-9,14,18H,2H2,1H3. The highest BCUT2D eigenvalue weighted by Gasteiger charge is 2.18. The van der Waals surface area contributed by atoms with Gasteiger partial charge in [0.05, 0.1) is 11.1 Å². The molecule has 0 bridgehead atoms. The summed E-state index contributed by atoms with van der Waals surface area (Å²) in [4.78, 5) is 4.01. The molecule has 1 aromatic heterocycles. The summed E-state index contributed by atoms with van der Waals surface area (Å²) in [6, 6.07) is 9.69. The van der Waals surface area contributed by atoms with Gasteiger partial charge < -0.3 is 5.32 Å². The van der Waals surface area contributed by atoms with Gasteiger partial charge in [0.25, 0.3) is 0 Å². The Morgan fingerprint density at radius 2 is 1.83 bits per heavy atom. The van der Waals surface area contributed by atoms with Crippen LogP contribution >= 0.6 is 23.2 Å². The van der Waals surface area contributed by atoms with Crippen molar-refractivity contribution in [2.75, 3.05) is 6.54 Å². The van der Waals surface area contributed by atoms with Gasteiger partial charge in [0.2, 0.25) is 0 Å². The molecule has 1 aromatic carbocycles. The maximum absolute atomic E-state index is 6.26. The van der Waals surface area contributed by atoms with E-state index in [2.05, 4.69) is 17.2 Å². The molecule has 2 aromatic rings. The van der Waals surface area contributed by atoms with Gasteiger partial charge in [0.15, 0.2) is 0 Å². The molecule has 1 unspecified atom stereocenters. The van der Waals surface area contributed by atoms with Gasteiger partial charge in [-0.2, -0.15) is 0 Å². The van der Waals surface area contributed by atoms with Crippen LogP contribution in [0.1, 0.15) is 24.1 Å². The minimum atomic E-state index is -0.0146. The van der Waals surface area contributed by atoms with E-state index >= 15 is 0 Å². The first-order valence-corrected chi connectivity index (χ1v) is 6.57. The quantitative estimate of drug-likeness (QED) is 0.913. The number of nitrogens with zero attached hydrogens (tertiary/aromatic N) is 1. The predicted octanol–water partition coefficient (Wildman–Crippen LogP) is 4.09. The molecule has 0 saturated heterocycles. The summed E-state index contributed by atoms with van der Waals surface area (Å²) in [7, 11) is 0. The Morgan fingerprint density at radius 3 is 2.50 bits per heavy atom. The van der Waals surface area contributed by atoms with Gasteiger partial charge in [-0.3, -0.25) is 4.98 Å². The van der Waals surface area contributed by atoms with Crippen LogP contribution in [0.3, 0.4) is 0 Å². The van der Waals surface area contributed by atoms with E-state index in [0.29, 0.717) is 5.02 Å². The zero-order valence-electron chi connectivity index (χ0n) is 10.0. The molecule has 1 heterocycles. The third-order valence-corrected chi connectivity index (χ3v) is 3.40. The van der Waals surface area contributed by atoms with Crippen molar-refractivity contribution in [3.05, 3.63) is 63.9 Å². The van der Waals surface area contributed by atoms with E-state index < -0.39 is 0 Å². The van der Waals surface area contributed by atoms with Crippen molar-refractivity contribution in [1.29, 1.82) is 0 Å². The summed E-state index contributed by atoms with van der Waals surface area (Å²) in [5.74, 6) is 0. The summed E-state index contributed by atoms with van der Waals surface area (Å²) in [6.45, 7) is 2.88. The first kappa shape index (κ1) is 13.3. The fourth-order valence-corrected chi connectivity index (χ4v) is 2.39. The van der Waals surface area contributed by atoms with Crippen LogP contribution in [0.5, 0.6) is 0 Å². The summed E-state index contributed by atoms with van der Waals surface area (Å²) < 4.78 is 0. The fourth-order valence-electron chi connectivity index (χ4n) is 1.92. The van der Waals surface area contributed by atoms with Crippen LogP contribution in [0.15, 0.2) is 42.7 Å². The van der Waals surface area contributed by atoms with Gasteiger partial charge in [-0.25, -0.2) is 0 Å². The number of hydrogen-bond acceptors (Lipinski definition) is 2. The molecule has 0 amide bonds. The molecule has 2 nitrogen and oxygen atoms in total. The van der Waals surface area contributed by atoms with E-state index in [1.54, 1.807) is 12.4 Å². The molecule has 1 N–H and O–H groups in total. The van der Waals surface area contributed by atoms with Crippen LogP contribution in [-0.2, 0) is 0 Å². The Labute approximate surface area is 117 Å². The highest BCUT2D eigenvalue weighted by atomic mass is 35.5. The molecule has 94 valence electrons. The third-order valence-electron chi connectivity index (χ3n) is 2.74. The average Bonchev–Trinajstić information content (AvgIpc) is 2.38. The molecule has 0 fully saturated rings. The van der Waals surface area contributed by atoms with Gasteiger partial charge in [-0.1, -0.05) is 48.3 Å². The molecule has 0 spiro atoms. The van der Waals surface area contributed by atoms with E-state index in [-0.39, 0.29) is 6.04 Å².